The minimum atomic E-state index is -0.956. The van der Waals surface area contributed by atoms with Gasteiger partial charge in [0.2, 0.25) is 5.91 Å². The number of aliphatic hydroxyl groups excluding tert-OH is 2. The summed E-state index contributed by atoms with van der Waals surface area (Å²) < 4.78 is 0. The van der Waals surface area contributed by atoms with Crippen LogP contribution in [0.25, 0.3) is 0 Å². The number of nitrogens with zero attached hydrogens (tertiary/aromatic N) is 1. The molecule has 0 bridgehead atoms. The Balaban J connectivity index is 2.43. The highest BCUT2D eigenvalue weighted by Gasteiger charge is 2.48. The van der Waals surface area contributed by atoms with E-state index in [1.807, 2.05) is 13.0 Å². The second-order valence-corrected chi connectivity index (χ2v) is 4.25. The zero-order valence-corrected chi connectivity index (χ0v) is 8.73. The van der Waals surface area contributed by atoms with Crippen LogP contribution in [0.4, 0.5) is 0 Å². The van der Waals surface area contributed by atoms with Crippen molar-refractivity contribution < 1.29 is 15.0 Å². The number of carbonyl (C=O) groups excluding carboxylic acids is 1. The van der Waals surface area contributed by atoms with Crippen molar-refractivity contribution in [2.75, 3.05) is 13.2 Å². The molecule has 0 radical (unpaired) electrons. The molecule has 15 heavy (non-hydrogen) atoms. The third-order valence-corrected chi connectivity index (χ3v) is 2.75. The highest BCUT2D eigenvalue weighted by Crippen LogP contribution is 2.44. The van der Waals surface area contributed by atoms with E-state index in [4.69, 9.17) is 15.5 Å². The van der Waals surface area contributed by atoms with Crippen LogP contribution in [0.2, 0.25) is 0 Å². The molecule has 0 aromatic rings. The van der Waals surface area contributed by atoms with Gasteiger partial charge in [0.15, 0.2) is 0 Å². The lowest BCUT2D eigenvalue weighted by atomic mass is 9.63. The lowest BCUT2D eigenvalue weighted by molar-refractivity contribution is -0.134. The summed E-state index contributed by atoms with van der Waals surface area (Å²) in [5.41, 5.74) is -0.908. The Morgan fingerprint density at radius 2 is 2.33 bits per heavy atom. The monoisotopic (exact) mass is 212 g/mol. The third kappa shape index (κ3) is 2.46. The third-order valence-electron chi connectivity index (χ3n) is 2.75. The number of rotatable bonds is 4. The predicted molar refractivity (Wildman–Crippen MR) is 52.5 cm³/mol. The van der Waals surface area contributed by atoms with Crippen LogP contribution < -0.4 is 5.32 Å². The zero-order valence-electron chi connectivity index (χ0n) is 8.73. The molecule has 84 valence electrons. The van der Waals surface area contributed by atoms with Crippen LogP contribution in [0.15, 0.2) is 0 Å². The molecule has 0 heterocycles. The van der Waals surface area contributed by atoms with E-state index in [1.165, 1.54) is 0 Å². The summed E-state index contributed by atoms with van der Waals surface area (Å²) in [6.07, 6.45) is 0.192. The maximum absolute atomic E-state index is 11.6. The Hall–Kier alpha value is -1.12. The van der Waals surface area contributed by atoms with E-state index < -0.39 is 18.1 Å². The quantitative estimate of drug-likeness (QED) is 0.580. The van der Waals surface area contributed by atoms with Crippen LogP contribution in [-0.4, -0.2) is 35.4 Å². The van der Waals surface area contributed by atoms with Gasteiger partial charge in [0.1, 0.15) is 5.41 Å². The van der Waals surface area contributed by atoms with Gasteiger partial charge in [-0.1, -0.05) is 6.92 Å². The van der Waals surface area contributed by atoms with Crippen molar-refractivity contribution in [3.8, 4) is 6.07 Å². The maximum Gasteiger partial charge on any atom is 0.240 e. The van der Waals surface area contributed by atoms with Crippen molar-refractivity contribution in [3.63, 3.8) is 0 Å². The Morgan fingerprint density at radius 3 is 2.73 bits per heavy atom. The number of amides is 1. The van der Waals surface area contributed by atoms with E-state index in [0.717, 1.165) is 0 Å². The summed E-state index contributed by atoms with van der Waals surface area (Å²) in [4.78, 5) is 11.6. The van der Waals surface area contributed by atoms with Crippen LogP contribution in [0.5, 0.6) is 0 Å². The molecular formula is C10H16N2O3. The molecule has 0 aromatic carbocycles. The van der Waals surface area contributed by atoms with E-state index in [2.05, 4.69) is 5.32 Å². The lowest BCUT2D eigenvalue weighted by Crippen LogP contribution is -2.49. The average Bonchev–Trinajstić information content (AvgIpc) is 2.20. The van der Waals surface area contributed by atoms with Crippen molar-refractivity contribution >= 4 is 5.91 Å². The molecule has 0 aliphatic heterocycles. The number of nitrogens with one attached hydrogen (secondary N) is 1. The summed E-state index contributed by atoms with van der Waals surface area (Å²) in [6, 6.07) is 2.03. The summed E-state index contributed by atoms with van der Waals surface area (Å²) in [7, 11) is 0. The Labute approximate surface area is 88.7 Å². The topological polar surface area (TPSA) is 93.4 Å². The van der Waals surface area contributed by atoms with Crippen LogP contribution in [0, 0.1) is 22.7 Å². The van der Waals surface area contributed by atoms with Gasteiger partial charge < -0.3 is 15.5 Å². The second kappa shape index (κ2) is 4.60. The van der Waals surface area contributed by atoms with E-state index >= 15 is 0 Å². The molecule has 0 aromatic heterocycles. The molecule has 1 amide bonds. The Bertz CT molecular complexity index is 279. The fourth-order valence-corrected chi connectivity index (χ4v) is 1.90. The lowest BCUT2D eigenvalue weighted by Gasteiger charge is -2.39. The predicted octanol–water partition coefficient (Wildman–Crippen LogP) is -0.604. The van der Waals surface area contributed by atoms with Crippen molar-refractivity contribution in [1.82, 2.24) is 5.32 Å². The first-order valence-corrected chi connectivity index (χ1v) is 5.02. The van der Waals surface area contributed by atoms with E-state index in [0.29, 0.717) is 18.8 Å². The Kier molecular flexibility index (Phi) is 3.66. The van der Waals surface area contributed by atoms with E-state index in [-0.39, 0.29) is 12.5 Å². The molecule has 1 aliphatic carbocycles. The van der Waals surface area contributed by atoms with E-state index in [9.17, 15) is 4.79 Å². The van der Waals surface area contributed by atoms with Crippen molar-refractivity contribution in [2.24, 2.45) is 11.3 Å². The van der Waals surface area contributed by atoms with Gasteiger partial charge in [0, 0.05) is 6.54 Å². The molecule has 1 atom stereocenters. The Morgan fingerprint density at radius 1 is 1.73 bits per heavy atom. The van der Waals surface area contributed by atoms with Crippen molar-refractivity contribution in [2.45, 2.75) is 25.9 Å². The highest BCUT2D eigenvalue weighted by atomic mass is 16.3. The molecule has 1 rings (SSSR count). The number of aliphatic hydroxyl groups is 2. The number of nitriles is 1. The first kappa shape index (κ1) is 12.0. The van der Waals surface area contributed by atoms with Crippen molar-refractivity contribution in [3.05, 3.63) is 0 Å². The minimum Gasteiger partial charge on any atom is -0.394 e. The molecule has 5 nitrogen and oxygen atoms in total. The van der Waals surface area contributed by atoms with Crippen LogP contribution in [0.1, 0.15) is 19.8 Å². The molecule has 1 saturated carbocycles. The minimum absolute atomic E-state index is 0.00680. The van der Waals surface area contributed by atoms with Gasteiger partial charge in [-0.25, -0.2) is 0 Å². The van der Waals surface area contributed by atoms with Gasteiger partial charge >= 0.3 is 0 Å². The molecule has 0 saturated heterocycles. The van der Waals surface area contributed by atoms with Gasteiger partial charge in [-0.2, -0.15) is 5.26 Å². The second-order valence-electron chi connectivity index (χ2n) is 4.25. The molecular weight excluding hydrogens is 196 g/mol. The van der Waals surface area contributed by atoms with Gasteiger partial charge in [-0.05, 0) is 18.8 Å². The zero-order chi connectivity index (χ0) is 11.5. The number of carbonyl (C=O) groups is 1. The molecule has 0 spiro atoms. The molecule has 5 heteroatoms. The maximum atomic E-state index is 11.6. The molecule has 1 aliphatic rings. The normalized spacial score (nSPS) is 31.2. The summed E-state index contributed by atoms with van der Waals surface area (Å²) in [5, 5.41) is 29.0. The smallest absolute Gasteiger partial charge is 0.240 e. The first-order chi connectivity index (χ1) is 7.04. The molecule has 1 unspecified atom stereocenters. The number of hydrogen-bond donors (Lipinski definition) is 3. The number of hydrogen-bond acceptors (Lipinski definition) is 4. The SMILES string of the molecule is CC1CC(C#N)(C(=O)NCC(O)CO)C1. The summed E-state index contributed by atoms with van der Waals surface area (Å²) in [6.45, 7) is 1.59. The summed E-state index contributed by atoms with van der Waals surface area (Å²) in [5.74, 6) is 0.0637. The first-order valence-electron chi connectivity index (χ1n) is 5.02. The van der Waals surface area contributed by atoms with Gasteiger partial charge in [0.05, 0.1) is 18.8 Å². The van der Waals surface area contributed by atoms with E-state index in [1.54, 1.807) is 0 Å². The van der Waals surface area contributed by atoms with Gasteiger partial charge in [-0.3, -0.25) is 4.79 Å². The summed E-state index contributed by atoms with van der Waals surface area (Å²) >= 11 is 0. The van der Waals surface area contributed by atoms with Gasteiger partial charge in [-0.15, -0.1) is 0 Å². The fourth-order valence-electron chi connectivity index (χ4n) is 1.90. The van der Waals surface area contributed by atoms with Crippen LogP contribution >= 0.6 is 0 Å². The fraction of sp³-hybridized carbons (Fsp3) is 0.800. The highest BCUT2D eigenvalue weighted by molar-refractivity contribution is 5.86. The largest absolute Gasteiger partial charge is 0.394 e. The van der Waals surface area contributed by atoms with Crippen LogP contribution in [0.3, 0.4) is 0 Å². The molecule has 3 N–H and O–H groups in total. The van der Waals surface area contributed by atoms with Crippen LogP contribution in [-0.2, 0) is 4.79 Å². The van der Waals surface area contributed by atoms with Gasteiger partial charge in [0.25, 0.3) is 0 Å². The average molecular weight is 212 g/mol. The molecule has 1 fully saturated rings. The van der Waals surface area contributed by atoms with Crippen molar-refractivity contribution in [1.29, 1.82) is 5.26 Å². The standard InChI is InChI=1S/C10H16N2O3/c1-7-2-10(3-7,6-11)9(15)12-4-8(14)5-13/h7-8,13-14H,2-5H2,1H3,(H,12,15).